The molecule has 0 fully saturated rings. The van der Waals surface area contributed by atoms with Gasteiger partial charge in [-0.1, -0.05) is 17.7 Å². The first-order valence-corrected chi connectivity index (χ1v) is 6.67. The van der Waals surface area contributed by atoms with Crippen LogP contribution in [-0.4, -0.2) is 28.9 Å². The molecule has 3 nitrogen and oxygen atoms in total. The Hall–Kier alpha value is -0.980. The van der Waals surface area contributed by atoms with Crippen molar-refractivity contribution < 1.29 is 17.9 Å². The molecule has 0 aliphatic heterocycles. The van der Waals surface area contributed by atoms with Gasteiger partial charge in [-0.25, -0.2) is 4.98 Å². The van der Waals surface area contributed by atoms with Crippen LogP contribution in [0.2, 0.25) is 5.02 Å². The van der Waals surface area contributed by atoms with Gasteiger partial charge in [0.15, 0.2) is 0 Å². The molecule has 20 heavy (non-hydrogen) atoms. The second-order valence-corrected chi connectivity index (χ2v) is 4.76. The lowest BCUT2D eigenvalue weighted by atomic mass is 10.3. The highest BCUT2D eigenvalue weighted by Gasteiger charge is 2.27. The fraction of sp³-hybridized carbons (Fsp3) is 0.417. The predicted octanol–water partition coefficient (Wildman–Crippen LogP) is 4.01. The van der Waals surface area contributed by atoms with Crippen molar-refractivity contribution in [2.45, 2.75) is 18.6 Å². The minimum atomic E-state index is -4.32. The monoisotopic (exact) mass is 326 g/mol. The number of hydrogen-bond acceptors (Lipinski definition) is 2. The van der Waals surface area contributed by atoms with E-state index in [2.05, 4.69) is 9.72 Å². The maximum atomic E-state index is 12.0. The van der Waals surface area contributed by atoms with Crippen molar-refractivity contribution in [2.75, 3.05) is 13.2 Å². The van der Waals surface area contributed by atoms with Gasteiger partial charge < -0.3 is 9.30 Å². The molecule has 8 heteroatoms. The summed E-state index contributed by atoms with van der Waals surface area (Å²) in [5, 5.41) is 0.476. The van der Waals surface area contributed by atoms with Crippen LogP contribution in [0.5, 0.6) is 0 Å². The zero-order valence-electron chi connectivity index (χ0n) is 10.3. The third-order valence-corrected chi connectivity index (χ3v) is 3.20. The number of halogens is 5. The van der Waals surface area contributed by atoms with Gasteiger partial charge in [-0.3, -0.25) is 0 Å². The number of rotatable bonds is 5. The molecular formula is C12H11Cl2F3N2O. The van der Waals surface area contributed by atoms with Crippen LogP contribution in [-0.2, 0) is 17.2 Å². The molecule has 0 saturated carbocycles. The molecule has 0 saturated heterocycles. The minimum Gasteiger partial charge on any atom is -0.370 e. The van der Waals surface area contributed by atoms with Crippen molar-refractivity contribution in [1.29, 1.82) is 0 Å². The van der Waals surface area contributed by atoms with E-state index in [9.17, 15) is 13.2 Å². The van der Waals surface area contributed by atoms with Gasteiger partial charge in [0.05, 0.1) is 23.0 Å². The smallest absolute Gasteiger partial charge is 0.370 e. The number of alkyl halides is 4. The van der Waals surface area contributed by atoms with Gasteiger partial charge in [-0.05, 0) is 12.1 Å². The summed E-state index contributed by atoms with van der Waals surface area (Å²) < 4.78 is 42.3. The summed E-state index contributed by atoms with van der Waals surface area (Å²) in [6, 6.07) is 5.23. The van der Waals surface area contributed by atoms with E-state index < -0.39 is 12.8 Å². The van der Waals surface area contributed by atoms with Gasteiger partial charge in [0.2, 0.25) is 0 Å². The lowest BCUT2D eigenvalue weighted by Crippen LogP contribution is -2.19. The lowest BCUT2D eigenvalue weighted by Gasteiger charge is -2.10. The summed E-state index contributed by atoms with van der Waals surface area (Å²) in [6.45, 7) is -1.12. The fourth-order valence-electron chi connectivity index (χ4n) is 1.86. The van der Waals surface area contributed by atoms with Crippen LogP contribution in [0.25, 0.3) is 11.0 Å². The zero-order chi connectivity index (χ0) is 14.8. The summed E-state index contributed by atoms with van der Waals surface area (Å²) in [4.78, 5) is 4.28. The van der Waals surface area contributed by atoms with Crippen LogP contribution in [0.15, 0.2) is 18.2 Å². The van der Waals surface area contributed by atoms with Gasteiger partial charge >= 0.3 is 6.18 Å². The molecule has 2 rings (SSSR count). The third kappa shape index (κ3) is 3.56. The largest absolute Gasteiger partial charge is 0.411 e. The van der Waals surface area contributed by atoms with E-state index in [4.69, 9.17) is 23.2 Å². The van der Waals surface area contributed by atoms with Crippen molar-refractivity contribution in [3.63, 3.8) is 0 Å². The molecule has 1 heterocycles. The van der Waals surface area contributed by atoms with Crippen molar-refractivity contribution >= 4 is 34.2 Å². The zero-order valence-corrected chi connectivity index (χ0v) is 11.8. The Morgan fingerprint density at radius 1 is 1.30 bits per heavy atom. The molecular weight excluding hydrogens is 316 g/mol. The van der Waals surface area contributed by atoms with Crippen molar-refractivity contribution in [1.82, 2.24) is 9.55 Å². The minimum absolute atomic E-state index is 0.0820. The molecule has 0 radical (unpaired) electrons. The highest BCUT2D eigenvalue weighted by atomic mass is 35.5. The molecule has 0 N–H and O–H groups in total. The average molecular weight is 327 g/mol. The highest BCUT2D eigenvalue weighted by molar-refractivity contribution is 6.34. The summed E-state index contributed by atoms with van der Waals surface area (Å²) in [5.74, 6) is 0.690. The van der Waals surface area contributed by atoms with E-state index in [1.165, 1.54) is 0 Å². The lowest BCUT2D eigenvalue weighted by molar-refractivity contribution is -0.174. The molecule has 0 bridgehead atoms. The van der Waals surface area contributed by atoms with E-state index in [0.717, 1.165) is 5.52 Å². The Bertz CT molecular complexity index is 598. The van der Waals surface area contributed by atoms with Crippen LogP contribution < -0.4 is 0 Å². The van der Waals surface area contributed by atoms with E-state index in [0.29, 0.717) is 16.4 Å². The first-order valence-electron chi connectivity index (χ1n) is 5.76. The van der Waals surface area contributed by atoms with Gasteiger partial charge in [0.1, 0.15) is 17.9 Å². The number of imidazole rings is 1. The maximum Gasteiger partial charge on any atom is 0.411 e. The SMILES string of the molecule is FC(F)(F)COCCn1c(CCl)nc2c(Cl)cccc21. The average Bonchev–Trinajstić information content (AvgIpc) is 2.73. The van der Waals surface area contributed by atoms with Crippen LogP contribution in [0.3, 0.4) is 0 Å². The van der Waals surface area contributed by atoms with Crippen LogP contribution in [0.1, 0.15) is 5.82 Å². The Kier molecular flexibility index (Phi) is 4.78. The third-order valence-electron chi connectivity index (χ3n) is 2.65. The van der Waals surface area contributed by atoms with Gasteiger partial charge in [-0.2, -0.15) is 13.2 Å². The Morgan fingerprint density at radius 3 is 2.70 bits per heavy atom. The van der Waals surface area contributed by atoms with Gasteiger partial charge in [0.25, 0.3) is 0 Å². The fourth-order valence-corrected chi connectivity index (χ4v) is 2.27. The van der Waals surface area contributed by atoms with Crippen molar-refractivity contribution in [2.24, 2.45) is 0 Å². The van der Waals surface area contributed by atoms with E-state index >= 15 is 0 Å². The van der Waals surface area contributed by atoms with E-state index in [1.807, 2.05) is 0 Å². The number of para-hydroxylation sites is 1. The van der Waals surface area contributed by atoms with E-state index in [1.54, 1.807) is 22.8 Å². The molecule has 1 aromatic carbocycles. The number of ether oxygens (including phenoxy) is 1. The highest BCUT2D eigenvalue weighted by Crippen LogP contribution is 2.24. The molecule has 0 atom stereocenters. The molecule has 0 aliphatic carbocycles. The van der Waals surface area contributed by atoms with Crippen LogP contribution >= 0.6 is 23.2 Å². The molecule has 0 spiro atoms. The van der Waals surface area contributed by atoms with Crippen molar-refractivity contribution in [3.05, 3.63) is 29.0 Å². The Morgan fingerprint density at radius 2 is 2.05 bits per heavy atom. The standard InChI is InChI=1S/C12H11Cl2F3N2O/c13-6-10-18-11-8(14)2-1-3-9(11)19(10)4-5-20-7-12(15,16)17/h1-3H,4-7H2. The number of aromatic nitrogens is 2. The number of nitrogens with zero attached hydrogens (tertiary/aromatic N) is 2. The first kappa shape index (κ1) is 15.4. The van der Waals surface area contributed by atoms with Crippen LogP contribution in [0, 0.1) is 0 Å². The molecule has 2 aromatic rings. The Balaban J connectivity index is 2.14. The summed E-state index contributed by atoms with van der Waals surface area (Å²) in [5.41, 5.74) is 1.31. The van der Waals surface area contributed by atoms with Crippen LogP contribution in [0.4, 0.5) is 13.2 Å². The Labute approximate surface area is 123 Å². The molecule has 0 unspecified atom stereocenters. The number of hydrogen-bond donors (Lipinski definition) is 0. The van der Waals surface area contributed by atoms with Crippen molar-refractivity contribution in [3.8, 4) is 0 Å². The predicted molar refractivity (Wildman–Crippen MR) is 71.2 cm³/mol. The summed E-state index contributed by atoms with van der Waals surface area (Å²) >= 11 is 11.8. The summed E-state index contributed by atoms with van der Waals surface area (Å²) in [7, 11) is 0. The molecule has 1 aromatic heterocycles. The number of fused-ring (bicyclic) bond motifs is 1. The second kappa shape index (κ2) is 6.20. The normalized spacial score (nSPS) is 12.2. The summed E-state index contributed by atoms with van der Waals surface area (Å²) in [6.07, 6.45) is -4.32. The second-order valence-electron chi connectivity index (χ2n) is 4.09. The number of benzene rings is 1. The quantitative estimate of drug-likeness (QED) is 0.613. The molecule has 0 aliphatic rings. The molecule has 0 amide bonds. The molecule has 110 valence electrons. The van der Waals surface area contributed by atoms with Gasteiger partial charge in [-0.15, -0.1) is 11.6 Å². The van der Waals surface area contributed by atoms with Gasteiger partial charge in [0, 0.05) is 6.54 Å². The topological polar surface area (TPSA) is 27.1 Å². The maximum absolute atomic E-state index is 12.0. The first-order chi connectivity index (χ1) is 9.42. The van der Waals surface area contributed by atoms with E-state index in [-0.39, 0.29) is 19.0 Å².